The maximum Gasteiger partial charge on any atom is 0.196 e. The molecule has 0 aliphatic heterocycles. The molecule has 0 spiro atoms. The Hall–Kier alpha value is -3.66. The van der Waals surface area contributed by atoms with Crippen molar-refractivity contribution in [3.8, 4) is 11.5 Å². The quantitative estimate of drug-likeness (QED) is 0.440. The van der Waals surface area contributed by atoms with Gasteiger partial charge in [0.1, 0.15) is 11.5 Å². The molecule has 0 saturated heterocycles. The summed E-state index contributed by atoms with van der Waals surface area (Å²) >= 11 is 0. The summed E-state index contributed by atoms with van der Waals surface area (Å²) in [5.41, 5.74) is 2.04. The summed E-state index contributed by atoms with van der Waals surface area (Å²) in [5, 5.41) is 0. The zero-order chi connectivity index (χ0) is 19.9. The summed E-state index contributed by atoms with van der Waals surface area (Å²) in [6, 6.07) is 21.5. The van der Waals surface area contributed by atoms with Gasteiger partial charge in [-0.15, -0.1) is 0 Å². The van der Waals surface area contributed by atoms with Gasteiger partial charge in [-0.05, 0) is 17.7 Å². The van der Waals surface area contributed by atoms with Crippen molar-refractivity contribution >= 4 is 17.6 Å². The Bertz CT molecular complexity index is 1010. The average molecular weight is 372 g/mol. The van der Waals surface area contributed by atoms with Gasteiger partial charge in [0.2, 0.25) is 0 Å². The van der Waals surface area contributed by atoms with Crippen LogP contribution in [0.2, 0.25) is 0 Å². The Morgan fingerprint density at radius 2 is 1.32 bits per heavy atom. The summed E-state index contributed by atoms with van der Waals surface area (Å²) < 4.78 is 10.7. The highest BCUT2D eigenvalue weighted by Gasteiger charge is 2.20. The number of carbonyl (C=O) groups excluding carboxylic acids is 2. The van der Waals surface area contributed by atoms with E-state index >= 15 is 0 Å². The molecule has 0 amide bonds. The van der Waals surface area contributed by atoms with E-state index in [1.807, 2.05) is 36.4 Å². The van der Waals surface area contributed by atoms with Crippen molar-refractivity contribution in [3.05, 3.63) is 101 Å². The van der Waals surface area contributed by atoms with Crippen LogP contribution in [0.3, 0.4) is 0 Å². The molecule has 0 bridgehead atoms. The highest BCUT2D eigenvalue weighted by atomic mass is 16.5. The fourth-order valence-corrected chi connectivity index (χ4v) is 2.84. The smallest absolute Gasteiger partial charge is 0.196 e. The fourth-order valence-electron chi connectivity index (χ4n) is 2.84. The lowest BCUT2D eigenvalue weighted by Crippen LogP contribution is -2.08. The molecule has 0 unspecified atom stereocenters. The third-order valence-electron chi connectivity index (χ3n) is 4.29. The lowest BCUT2D eigenvalue weighted by atomic mass is 9.97. The van der Waals surface area contributed by atoms with E-state index in [1.165, 1.54) is 26.4 Å². The molecular formula is C24H20O4. The number of carbonyl (C=O) groups is 2. The number of hydrogen-bond donors (Lipinski definition) is 0. The molecule has 3 aromatic carbocycles. The Morgan fingerprint density at radius 1 is 0.750 bits per heavy atom. The molecule has 0 saturated carbocycles. The number of ether oxygens (including phenoxy) is 2. The summed E-state index contributed by atoms with van der Waals surface area (Å²) in [7, 11) is 2.96. The molecule has 0 aromatic heterocycles. The number of methoxy groups -OCH3 is 2. The van der Waals surface area contributed by atoms with Gasteiger partial charge >= 0.3 is 0 Å². The topological polar surface area (TPSA) is 52.6 Å². The third-order valence-corrected chi connectivity index (χ3v) is 4.29. The Balaban J connectivity index is 2.02. The predicted molar refractivity (Wildman–Crippen MR) is 109 cm³/mol. The lowest BCUT2D eigenvalue weighted by molar-refractivity contribution is 0.103. The van der Waals surface area contributed by atoms with Crippen LogP contribution in [0, 0.1) is 0 Å². The highest BCUT2D eigenvalue weighted by Crippen LogP contribution is 2.31. The van der Waals surface area contributed by atoms with E-state index in [0.717, 1.165) is 5.56 Å². The minimum atomic E-state index is -0.259. The Kier molecular flexibility index (Phi) is 6.02. The van der Waals surface area contributed by atoms with E-state index < -0.39 is 0 Å². The van der Waals surface area contributed by atoms with Crippen molar-refractivity contribution < 1.29 is 19.1 Å². The fraction of sp³-hybridized carbons (Fsp3) is 0.0833. The van der Waals surface area contributed by atoms with Crippen LogP contribution in [0.4, 0.5) is 0 Å². The first-order valence-corrected chi connectivity index (χ1v) is 8.77. The van der Waals surface area contributed by atoms with Crippen LogP contribution in [-0.2, 0) is 0 Å². The number of benzene rings is 3. The molecule has 0 fully saturated rings. The molecule has 3 rings (SSSR count). The van der Waals surface area contributed by atoms with Crippen LogP contribution in [0.1, 0.15) is 31.8 Å². The number of ketones is 2. The monoisotopic (exact) mass is 372 g/mol. The van der Waals surface area contributed by atoms with Crippen LogP contribution in [0.15, 0.2) is 78.9 Å². The van der Waals surface area contributed by atoms with Crippen LogP contribution < -0.4 is 9.47 Å². The zero-order valence-corrected chi connectivity index (χ0v) is 15.7. The van der Waals surface area contributed by atoms with Crippen molar-refractivity contribution in [2.75, 3.05) is 14.2 Å². The first-order valence-electron chi connectivity index (χ1n) is 8.77. The highest BCUT2D eigenvalue weighted by molar-refractivity contribution is 6.14. The number of rotatable bonds is 7. The molecule has 140 valence electrons. The third kappa shape index (κ3) is 4.18. The maximum absolute atomic E-state index is 12.9. The van der Waals surface area contributed by atoms with Crippen molar-refractivity contribution in [3.63, 3.8) is 0 Å². The van der Waals surface area contributed by atoms with Gasteiger partial charge in [0.15, 0.2) is 11.6 Å². The molecule has 0 heterocycles. The van der Waals surface area contributed by atoms with Crippen molar-refractivity contribution in [1.29, 1.82) is 0 Å². The minimum absolute atomic E-state index is 0.221. The lowest BCUT2D eigenvalue weighted by Gasteiger charge is -2.13. The summed E-state index contributed by atoms with van der Waals surface area (Å²) in [5.74, 6) is 0.227. The SMILES string of the molecule is COc1cc(OC)c(C(=O)c2ccccc2)cc1C(=O)C=Cc1ccccc1. The van der Waals surface area contributed by atoms with Gasteiger partial charge in [-0.3, -0.25) is 9.59 Å². The molecule has 0 aliphatic rings. The van der Waals surface area contributed by atoms with E-state index in [4.69, 9.17) is 9.47 Å². The van der Waals surface area contributed by atoms with E-state index in [9.17, 15) is 9.59 Å². The molecule has 0 N–H and O–H groups in total. The standard InChI is InChI=1S/C24H20O4/c1-27-22-16-23(28-2)20(24(26)18-11-7-4-8-12-18)15-19(22)21(25)14-13-17-9-5-3-6-10-17/h3-16H,1-2H3. The van der Waals surface area contributed by atoms with E-state index in [2.05, 4.69) is 0 Å². The molecule has 0 aliphatic carbocycles. The van der Waals surface area contributed by atoms with Gasteiger partial charge in [0, 0.05) is 11.6 Å². The van der Waals surface area contributed by atoms with Crippen molar-refractivity contribution in [1.82, 2.24) is 0 Å². The van der Waals surface area contributed by atoms with Crippen molar-refractivity contribution in [2.24, 2.45) is 0 Å². The summed E-state index contributed by atoms with van der Waals surface area (Å²) in [6.07, 6.45) is 3.20. The van der Waals surface area contributed by atoms with Gasteiger partial charge in [0.05, 0.1) is 25.3 Å². The second-order valence-electron chi connectivity index (χ2n) is 6.06. The normalized spacial score (nSPS) is 10.6. The van der Waals surface area contributed by atoms with E-state index in [0.29, 0.717) is 28.2 Å². The Labute approximate surface area is 164 Å². The van der Waals surface area contributed by atoms with Crippen LogP contribution in [-0.4, -0.2) is 25.8 Å². The van der Waals surface area contributed by atoms with Gasteiger partial charge in [-0.2, -0.15) is 0 Å². The molecule has 0 radical (unpaired) electrons. The van der Waals surface area contributed by atoms with Gasteiger partial charge < -0.3 is 9.47 Å². The van der Waals surface area contributed by atoms with Crippen LogP contribution in [0.25, 0.3) is 6.08 Å². The second-order valence-corrected chi connectivity index (χ2v) is 6.06. The van der Waals surface area contributed by atoms with Crippen LogP contribution in [0.5, 0.6) is 11.5 Å². The first kappa shape index (κ1) is 19.1. The molecule has 28 heavy (non-hydrogen) atoms. The molecular weight excluding hydrogens is 352 g/mol. The molecule has 0 atom stereocenters. The Morgan fingerprint density at radius 3 is 1.93 bits per heavy atom. The first-order chi connectivity index (χ1) is 13.6. The summed E-state index contributed by atoms with van der Waals surface area (Å²) in [6.45, 7) is 0. The molecule has 4 nitrogen and oxygen atoms in total. The zero-order valence-electron chi connectivity index (χ0n) is 15.7. The van der Waals surface area contributed by atoms with Gasteiger partial charge in [-0.1, -0.05) is 66.7 Å². The van der Waals surface area contributed by atoms with Crippen molar-refractivity contribution in [2.45, 2.75) is 0 Å². The number of allylic oxidation sites excluding steroid dienone is 1. The predicted octanol–water partition coefficient (Wildman–Crippen LogP) is 4.83. The van der Waals surface area contributed by atoms with E-state index in [1.54, 1.807) is 36.4 Å². The van der Waals surface area contributed by atoms with Crippen LogP contribution >= 0.6 is 0 Å². The molecule has 3 aromatic rings. The average Bonchev–Trinajstić information content (AvgIpc) is 2.77. The van der Waals surface area contributed by atoms with E-state index in [-0.39, 0.29) is 11.6 Å². The largest absolute Gasteiger partial charge is 0.496 e. The minimum Gasteiger partial charge on any atom is -0.496 e. The molecule has 4 heteroatoms. The van der Waals surface area contributed by atoms with Gasteiger partial charge in [0.25, 0.3) is 0 Å². The summed E-state index contributed by atoms with van der Waals surface area (Å²) in [4.78, 5) is 25.7. The number of hydrogen-bond acceptors (Lipinski definition) is 4. The maximum atomic E-state index is 12.9. The second kappa shape index (κ2) is 8.82. The van der Waals surface area contributed by atoms with Gasteiger partial charge in [-0.25, -0.2) is 0 Å².